The third-order valence-electron chi connectivity index (χ3n) is 2.57. The molecule has 0 aliphatic rings. The van der Waals surface area contributed by atoms with Crippen LogP contribution in [0, 0.1) is 11.6 Å². The first kappa shape index (κ1) is 14.0. The molecule has 0 saturated heterocycles. The van der Waals surface area contributed by atoms with Crippen LogP contribution in [0.15, 0.2) is 18.2 Å². The Balaban J connectivity index is 2.64. The van der Waals surface area contributed by atoms with Crippen molar-refractivity contribution in [3.05, 3.63) is 35.4 Å². The Morgan fingerprint density at radius 1 is 1.35 bits per heavy atom. The molecule has 0 fully saturated rings. The molecule has 0 aromatic heterocycles. The highest BCUT2D eigenvalue weighted by atomic mass is 19.2. The standard InChI is InChI=1S/C12H17F2NO2/c1-8(15-6-12(2,17)7-16)9-3-4-10(13)11(14)5-9/h3-5,8,15-17H,6-7H2,1-2H3. The van der Waals surface area contributed by atoms with Gasteiger partial charge in [0.1, 0.15) is 0 Å². The van der Waals surface area contributed by atoms with Crippen molar-refractivity contribution < 1.29 is 19.0 Å². The average molecular weight is 245 g/mol. The molecular weight excluding hydrogens is 228 g/mol. The van der Waals surface area contributed by atoms with Gasteiger partial charge in [-0.2, -0.15) is 0 Å². The lowest BCUT2D eigenvalue weighted by molar-refractivity contribution is 0.00105. The van der Waals surface area contributed by atoms with Gasteiger partial charge in [0.2, 0.25) is 0 Å². The van der Waals surface area contributed by atoms with Crippen LogP contribution in [-0.4, -0.2) is 29.0 Å². The first-order valence-corrected chi connectivity index (χ1v) is 5.37. The van der Waals surface area contributed by atoms with Crippen molar-refractivity contribution in [1.82, 2.24) is 5.32 Å². The van der Waals surface area contributed by atoms with Crippen LogP contribution in [0.3, 0.4) is 0 Å². The van der Waals surface area contributed by atoms with Gasteiger partial charge in [0.25, 0.3) is 0 Å². The fourth-order valence-electron chi connectivity index (χ4n) is 1.33. The van der Waals surface area contributed by atoms with Crippen molar-refractivity contribution in [2.75, 3.05) is 13.2 Å². The Morgan fingerprint density at radius 2 is 2.00 bits per heavy atom. The largest absolute Gasteiger partial charge is 0.393 e. The molecule has 0 bridgehead atoms. The molecule has 3 nitrogen and oxygen atoms in total. The van der Waals surface area contributed by atoms with Crippen LogP contribution in [0.2, 0.25) is 0 Å². The Labute approximate surface area is 99.1 Å². The highest BCUT2D eigenvalue weighted by molar-refractivity contribution is 5.20. The van der Waals surface area contributed by atoms with E-state index in [9.17, 15) is 13.9 Å². The first-order chi connectivity index (χ1) is 7.85. The van der Waals surface area contributed by atoms with Crippen LogP contribution in [-0.2, 0) is 0 Å². The molecule has 0 aliphatic heterocycles. The number of hydrogen-bond donors (Lipinski definition) is 3. The Hall–Kier alpha value is -1.04. The summed E-state index contributed by atoms with van der Waals surface area (Å²) in [7, 11) is 0. The minimum atomic E-state index is -1.23. The molecule has 5 heteroatoms. The third kappa shape index (κ3) is 4.03. The lowest BCUT2D eigenvalue weighted by Gasteiger charge is -2.24. The Morgan fingerprint density at radius 3 is 2.53 bits per heavy atom. The van der Waals surface area contributed by atoms with E-state index < -0.39 is 17.2 Å². The monoisotopic (exact) mass is 245 g/mol. The minimum Gasteiger partial charge on any atom is -0.393 e. The highest BCUT2D eigenvalue weighted by Crippen LogP contribution is 2.16. The molecule has 0 amide bonds. The zero-order chi connectivity index (χ0) is 13.1. The normalized spacial score (nSPS) is 16.6. The van der Waals surface area contributed by atoms with E-state index in [2.05, 4.69) is 5.32 Å². The SMILES string of the molecule is CC(NCC(C)(O)CO)c1ccc(F)c(F)c1. The summed E-state index contributed by atoms with van der Waals surface area (Å²) < 4.78 is 25.7. The zero-order valence-corrected chi connectivity index (χ0v) is 9.87. The maximum Gasteiger partial charge on any atom is 0.159 e. The van der Waals surface area contributed by atoms with E-state index in [0.29, 0.717) is 5.56 Å². The van der Waals surface area contributed by atoms with Gasteiger partial charge in [-0.3, -0.25) is 0 Å². The third-order valence-corrected chi connectivity index (χ3v) is 2.57. The Bertz CT molecular complexity index is 383. The fraction of sp³-hybridized carbons (Fsp3) is 0.500. The first-order valence-electron chi connectivity index (χ1n) is 5.37. The second-order valence-electron chi connectivity index (χ2n) is 4.43. The van der Waals surface area contributed by atoms with Gasteiger partial charge in [-0.15, -0.1) is 0 Å². The predicted molar refractivity (Wildman–Crippen MR) is 60.5 cm³/mol. The number of aliphatic hydroxyl groups is 2. The number of aliphatic hydroxyl groups excluding tert-OH is 1. The van der Waals surface area contributed by atoms with E-state index in [1.807, 2.05) is 0 Å². The molecule has 3 N–H and O–H groups in total. The molecular formula is C12H17F2NO2. The summed E-state index contributed by atoms with van der Waals surface area (Å²) >= 11 is 0. The lowest BCUT2D eigenvalue weighted by Crippen LogP contribution is -2.41. The number of nitrogens with one attached hydrogen (secondary N) is 1. The van der Waals surface area contributed by atoms with Crippen molar-refractivity contribution in [2.24, 2.45) is 0 Å². The molecule has 1 aromatic rings. The number of halogens is 2. The van der Waals surface area contributed by atoms with Crippen LogP contribution < -0.4 is 5.32 Å². The van der Waals surface area contributed by atoms with Crippen LogP contribution in [0.5, 0.6) is 0 Å². The van der Waals surface area contributed by atoms with E-state index in [-0.39, 0.29) is 19.2 Å². The quantitative estimate of drug-likeness (QED) is 0.734. The fourth-order valence-corrected chi connectivity index (χ4v) is 1.33. The van der Waals surface area contributed by atoms with E-state index in [1.165, 1.54) is 13.0 Å². The van der Waals surface area contributed by atoms with Gasteiger partial charge < -0.3 is 15.5 Å². The summed E-state index contributed by atoms with van der Waals surface area (Å²) in [6.07, 6.45) is 0. The second-order valence-corrected chi connectivity index (χ2v) is 4.43. The highest BCUT2D eigenvalue weighted by Gasteiger charge is 2.20. The topological polar surface area (TPSA) is 52.5 Å². The maximum absolute atomic E-state index is 13.0. The molecule has 0 saturated carbocycles. The molecule has 1 rings (SSSR count). The van der Waals surface area contributed by atoms with Gasteiger partial charge in [-0.1, -0.05) is 6.07 Å². The van der Waals surface area contributed by atoms with Crippen molar-refractivity contribution in [3.8, 4) is 0 Å². The maximum atomic E-state index is 13.0. The molecule has 17 heavy (non-hydrogen) atoms. The summed E-state index contributed by atoms with van der Waals surface area (Å²) in [6.45, 7) is 3.03. The van der Waals surface area contributed by atoms with Gasteiger partial charge >= 0.3 is 0 Å². The number of hydrogen-bond acceptors (Lipinski definition) is 3. The van der Waals surface area contributed by atoms with Crippen LogP contribution in [0.25, 0.3) is 0 Å². The molecule has 1 aromatic carbocycles. The van der Waals surface area contributed by atoms with Gasteiger partial charge in [0.15, 0.2) is 11.6 Å². The van der Waals surface area contributed by atoms with Crippen LogP contribution >= 0.6 is 0 Å². The summed E-state index contributed by atoms with van der Waals surface area (Å²) in [5, 5.41) is 21.4. The van der Waals surface area contributed by atoms with Crippen molar-refractivity contribution in [1.29, 1.82) is 0 Å². The van der Waals surface area contributed by atoms with Crippen molar-refractivity contribution >= 4 is 0 Å². The molecule has 0 aliphatic carbocycles. The summed E-state index contributed by atoms with van der Waals surface area (Å²) in [5.74, 6) is -1.78. The van der Waals surface area contributed by atoms with Gasteiger partial charge in [-0.25, -0.2) is 8.78 Å². The van der Waals surface area contributed by atoms with Crippen molar-refractivity contribution in [3.63, 3.8) is 0 Å². The molecule has 96 valence electrons. The van der Waals surface area contributed by atoms with E-state index in [4.69, 9.17) is 5.11 Å². The average Bonchev–Trinajstić information content (AvgIpc) is 2.30. The zero-order valence-electron chi connectivity index (χ0n) is 9.87. The summed E-state index contributed by atoms with van der Waals surface area (Å²) in [6, 6.07) is 3.40. The molecule has 0 radical (unpaired) electrons. The van der Waals surface area contributed by atoms with Gasteiger partial charge in [0.05, 0.1) is 12.2 Å². The van der Waals surface area contributed by atoms with E-state index in [1.54, 1.807) is 6.92 Å². The molecule has 2 unspecified atom stereocenters. The molecule has 0 spiro atoms. The van der Waals surface area contributed by atoms with E-state index >= 15 is 0 Å². The number of rotatable bonds is 5. The van der Waals surface area contributed by atoms with Gasteiger partial charge in [-0.05, 0) is 31.5 Å². The summed E-state index contributed by atoms with van der Waals surface area (Å²) in [5.41, 5.74) is -0.648. The molecule has 2 atom stereocenters. The predicted octanol–water partition coefficient (Wildman–Crippen LogP) is 1.36. The smallest absolute Gasteiger partial charge is 0.159 e. The van der Waals surface area contributed by atoms with E-state index in [0.717, 1.165) is 12.1 Å². The van der Waals surface area contributed by atoms with Crippen molar-refractivity contribution in [2.45, 2.75) is 25.5 Å². The second kappa shape index (κ2) is 5.53. The minimum absolute atomic E-state index is 0.156. The number of benzene rings is 1. The van der Waals surface area contributed by atoms with Crippen LogP contribution in [0.4, 0.5) is 8.78 Å². The van der Waals surface area contributed by atoms with Crippen LogP contribution in [0.1, 0.15) is 25.5 Å². The summed E-state index contributed by atoms with van der Waals surface area (Å²) in [4.78, 5) is 0. The molecule has 0 heterocycles. The Kier molecular flexibility index (Phi) is 4.56. The lowest BCUT2D eigenvalue weighted by atomic mass is 10.1. The van der Waals surface area contributed by atoms with Gasteiger partial charge in [0, 0.05) is 12.6 Å².